The molecule has 132 valence electrons. The third-order valence-corrected chi connectivity index (χ3v) is 6.85. The van der Waals surface area contributed by atoms with Gasteiger partial charge in [-0.2, -0.15) is 4.31 Å². The fourth-order valence-corrected chi connectivity index (χ4v) is 4.68. The fraction of sp³-hybridized carbons (Fsp3) is 0.562. The topological polar surface area (TPSA) is 75.7 Å². The lowest BCUT2D eigenvalue weighted by molar-refractivity contribution is 0.0730. The summed E-state index contributed by atoms with van der Waals surface area (Å²) in [4.78, 5) is 12.3. The molecule has 1 amide bonds. The minimum absolute atomic E-state index is 0.0298. The first-order valence-electron chi connectivity index (χ1n) is 8.08. The Morgan fingerprint density at radius 3 is 2.62 bits per heavy atom. The molecule has 0 aromatic heterocycles. The molecule has 1 aromatic rings. The lowest BCUT2D eigenvalue weighted by atomic mass is 10.1. The van der Waals surface area contributed by atoms with Crippen LogP contribution in [0.2, 0.25) is 5.02 Å². The SMILES string of the molecule is C[C@H](NC(=O)c1ccc(Cl)c(S(=O)(=O)N2CCOCC2)c1)C1CC1. The molecular formula is C16H21ClN2O4S. The number of benzene rings is 1. The number of carbonyl (C=O) groups is 1. The Hall–Kier alpha value is -1.15. The van der Waals surface area contributed by atoms with Gasteiger partial charge in [-0.05, 0) is 43.9 Å². The average molecular weight is 373 g/mol. The zero-order valence-corrected chi connectivity index (χ0v) is 15.1. The van der Waals surface area contributed by atoms with E-state index in [4.69, 9.17) is 16.3 Å². The number of sulfonamides is 1. The van der Waals surface area contributed by atoms with E-state index in [9.17, 15) is 13.2 Å². The van der Waals surface area contributed by atoms with Gasteiger partial charge in [0.25, 0.3) is 5.91 Å². The molecule has 0 radical (unpaired) electrons. The number of carbonyl (C=O) groups excluding carboxylic acids is 1. The highest BCUT2D eigenvalue weighted by atomic mass is 35.5. The molecule has 3 rings (SSSR count). The van der Waals surface area contributed by atoms with Crippen LogP contribution >= 0.6 is 11.6 Å². The molecule has 1 aliphatic heterocycles. The standard InChI is InChI=1S/C16H21ClN2O4S/c1-11(12-2-3-12)18-16(20)13-4-5-14(17)15(10-13)24(21,22)19-6-8-23-9-7-19/h4-5,10-12H,2-3,6-9H2,1H3,(H,18,20)/t11-/m0/s1. The number of halogens is 1. The lowest BCUT2D eigenvalue weighted by Crippen LogP contribution is -2.40. The van der Waals surface area contributed by atoms with Crippen molar-refractivity contribution in [3.8, 4) is 0 Å². The van der Waals surface area contributed by atoms with Gasteiger partial charge in [-0.3, -0.25) is 4.79 Å². The summed E-state index contributed by atoms with van der Waals surface area (Å²) in [5, 5.41) is 3.04. The predicted molar refractivity (Wildman–Crippen MR) is 90.7 cm³/mol. The maximum atomic E-state index is 12.8. The Labute approximate surface area is 147 Å². The summed E-state index contributed by atoms with van der Waals surface area (Å²) in [6.07, 6.45) is 2.25. The summed E-state index contributed by atoms with van der Waals surface area (Å²) in [6.45, 7) is 3.25. The summed E-state index contributed by atoms with van der Waals surface area (Å²) in [6, 6.07) is 4.47. The zero-order chi connectivity index (χ0) is 17.3. The van der Waals surface area contributed by atoms with Gasteiger partial charge < -0.3 is 10.1 Å². The molecule has 8 heteroatoms. The van der Waals surface area contributed by atoms with E-state index in [1.54, 1.807) is 6.07 Å². The number of nitrogens with zero attached hydrogens (tertiary/aromatic N) is 1. The van der Waals surface area contributed by atoms with E-state index in [0.29, 0.717) is 24.7 Å². The summed E-state index contributed by atoms with van der Waals surface area (Å²) in [5.41, 5.74) is 0.304. The van der Waals surface area contributed by atoms with Crippen molar-refractivity contribution >= 4 is 27.5 Å². The molecule has 2 fully saturated rings. The molecule has 0 unspecified atom stereocenters. The second kappa shape index (κ2) is 7.00. The van der Waals surface area contributed by atoms with Crippen molar-refractivity contribution in [2.24, 2.45) is 5.92 Å². The number of hydrogen-bond donors (Lipinski definition) is 1. The van der Waals surface area contributed by atoms with Gasteiger partial charge in [0, 0.05) is 24.7 Å². The first kappa shape index (κ1) is 17.7. The molecule has 1 saturated carbocycles. The molecule has 6 nitrogen and oxygen atoms in total. The Kier molecular flexibility index (Phi) is 5.15. The summed E-state index contributed by atoms with van der Waals surface area (Å²) in [5.74, 6) is 0.252. The molecule has 1 heterocycles. The minimum atomic E-state index is -3.74. The molecule has 1 N–H and O–H groups in total. The molecule has 24 heavy (non-hydrogen) atoms. The Balaban J connectivity index is 1.83. The summed E-state index contributed by atoms with van der Waals surface area (Å²) in [7, 11) is -3.74. The number of nitrogens with one attached hydrogen (secondary N) is 1. The largest absolute Gasteiger partial charge is 0.379 e. The van der Waals surface area contributed by atoms with Crippen molar-refractivity contribution in [2.45, 2.75) is 30.7 Å². The molecule has 1 saturated heterocycles. The second-order valence-electron chi connectivity index (χ2n) is 6.26. The number of ether oxygens (including phenoxy) is 1. The maximum Gasteiger partial charge on any atom is 0.251 e. The van der Waals surface area contributed by atoms with Gasteiger partial charge in [0.15, 0.2) is 0 Å². The van der Waals surface area contributed by atoms with Crippen LogP contribution in [-0.4, -0.2) is 51.0 Å². The molecule has 1 aliphatic carbocycles. The summed E-state index contributed by atoms with van der Waals surface area (Å²) >= 11 is 6.10. The van der Waals surface area contributed by atoms with Gasteiger partial charge in [0.2, 0.25) is 10.0 Å². The van der Waals surface area contributed by atoms with E-state index in [1.807, 2.05) is 6.92 Å². The Morgan fingerprint density at radius 1 is 1.33 bits per heavy atom. The average Bonchev–Trinajstić information content (AvgIpc) is 3.40. The van der Waals surface area contributed by atoms with Gasteiger partial charge in [0.05, 0.1) is 18.2 Å². The monoisotopic (exact) mass is 372 g/mol. The highest BCUT2D eigenvalue weighted by Crippen LogP contribution is 2.32. The van der Waals surface area contributed by atoms with Crippen molar-refractivity contribution < 1.29 is 17.9 Å². The van der Waals surface area contributed by atoms with Crippen LogP contribution in [0, 0.1) is 5.92 Å². The molecular weight excluding hydrogens is 352 g/mol. The van der Waals surface area contributed by atoms with Gasteiger partial charge in [-0.25, -0.2) is 8.42 Å². The van der Waals surface area contributed by atoms with Crippen LogP contribution in [0.5, 0.6) is 0 Å². The zero-order valence-electron chi connectivity index (χ0n) is 13.5. The minimum Gasteiger partial charge on any atom is -0.379 e. The first-order chi connectivity index (χ1) is 11.4. The van der Waals surface area contributed by atoms with E-state index in [-0.39, 0.29) is 35.0 Å². The van der Waals surface area contributed by atoms with Crippen LogP contribution in [0.3, 0.4) is 0 Å². The van der Waals surface area contributed by atoms with E-state index in [0.717, 1.165) is 12.8 Å². The van der Waals surface area contributed by atoms with Crippen LogP contribution in [0.1, 0.15) is 30.1 Å². The van der Waals surface area contributed by atoms with Crippen molar-refractivity contribution in [2.75, 3.05) is 26.3 Å². The van der Waals surface area contributed by atoms with Crippen LogP contribution < -0.4 is 5.32 Å². The quantitative estimate of drug-likeness (QED) is 0.856. The van der Waals surface area contributed by atoms with Gasteiger partial charge in [-0.15, -0.1) is 0 Å². The van der Waals surface area contributed by atoms with E-state index < -0.39 is 10.0 Å². The van der Waals surface area contributed by atoms with E-state index >= 15 is 0 Å². The number of hydrogen-bond acceptors (Lipinski definition) is 4. The highest BCUT2D eigenvalue weighted by Gasteiger charge is 2.31. The smallest absolute Gasteiger partial charge is 0.251 e. The van der Waals surface area contributed by atoms with Gasteiger partial charge in [-0.1, -0.05) is 11.6 Å². The van der Waals surface area contributed by atoms with Gasteiger partial charge in [0.1, 0.15) is 4.90 Å². The van der Waals surface area contributed by atoms with Crippen molar-refractivity contribution in [3.05, 3.63) is 28.8 Å². The highest BCUT2D eigenvalue weighted by molar-refractivity contribution is 7.89. The molecule has 0 bridgehead atoms. The predicted octanol–water partition coefficient (Wildman–Crippen LogP) is 1.89. The lowest BCUT2D eigenvalue weighted by Gasteiger charge is -2.26. The first-order valence-corrected chi connectivity index (χ1v) is 9.89. The van der Waals surface area contributed by atoms with Crippen LogP contribution in [0.25, 0.3) is 0 Å². The van der Waals surface area contributed by atoms with E-state index in [2.05, 4.69) is 5.32 Å². The van der Waals surface area contributed by atoms with Crippen molar-refractivity contribution in [1.29, 1.82) is 0 Å². The third-order valence-electron chi connectivity index (χ3n) is 4.47. The van der Waals surface area contributed by atoms with Crippen molar-refractivity contribution in [3.63, 3.8) is 0 Å². The van der Waals surface area contributed by atoms with Gasteiger partial charge >= 0.3 is 0 Å². The molecule has 1 aromatic carbocycles. The fourth-order valence-electron chi connectivity index (χ4n) is 2.77. The molecule has 2 aliphatic rings. The Morgan fingerprint density at radius 2 is 2.00 bits per heavy atom. The number of amides is 1. The molecule has 1 atom stereocenters. The number of morpholine rings is 1. The normalized spacial score (nSPS) is 20.6. The second-order valence-corrected chi connectivity index (χ2v) is 8.57. The van der Waals surface area contributed by atoms with Crippen LogP contribution in [0.15, 0.2) is 23.1 Å². The van der Waals surface area contributed by atoms with Crippen LogP contribution in [0.4, 0.5) is 0 Å². The third kappa shape index (κ3) is 3.74. The Bertz CT molecular complexity index is 728. The maximum absolute atomic E-state index is 12.8. The van der Waals surface area contributed by atoms with E-state index in [1.165, 1.54) is 16.4 Å². The summed E-state index contributed by atoms with van der Waals surface area (Å²) < 4.78 is 32.1. The number of rotatable bonds is 5. The van der Waals surface area contributed by atoms with Crippen LogP contribution in [-0.2, 0) is 14.8 Å². The van der Waals surface area contributed by atoms with Crippen molar-refractivity contribution in [1.82, 2.24) is 9.62 Å². The molecule has 0 spiro atoms.